The lowest BCUT2D eigenvalue weighted by molar-refractivity contribution is -0.139. The van der Waals surface area contributed by atoms with Crippen molar-refractivity contribution in [2.45, 2.75) is 94.5 Å². The van der Waals surface area contributed by atoms with Crippen molar-refractivity contribution in [3.63, 3.8) is 0 Å². The van der Waals surface area contributed by atoms with Gasteiger partial charge in [-0.05, 0) is 63.3 Å². The van der Waals surface area contributed by atoms with Crippen LogP contribution in [0.4, 0.5) is 0 Å². The Hall–Kier alpha value is -0.520. The predicted molar refractivity (Wildman–Crippen MR) is 167 cm³/mol. The van der Waals surface area contributed by atoms with E-state index in [9.17, 15) is 24.2 Å². The number of ketones is 1. The zero-order valence-corrected chi connectivity index (χ0v) is 27.6. The van der Waals surface area contributed by atoms with Crippen molar-refractivity contribution >= 4 is 57.1 Å². The molecular weight excluding hydrogens is 604 g/mol. The van der Waals surface area contributed by atoms with Crippen molar-refractivity contribution in [3.8, 4) is 0 Å². The van der Waals surface area contributed by atoms with E-state index in [1.54, 1.807) is 0 Å². The van der Waals surface area contributed by atoms with Gasteiger partial charge in [0.25, 0.3) is 0 Å². The maximum atomic E-state index is 12.7. The first-order valence-corrected chi connectivity index (χ1v) is 19.7. The zero-order chi connectivity index (χ0) is 30.8. The van der Waals surface area contributed by atoms with E-state index < -0.39 is 27.3 Å². The third kappa shape index (κ3) is 11.4. The molecule has 3 fully saturated rings. The van der Waals surface area contributed by atoms with E-state index in [4.69, 9.17) is 22.8 Å². The fraction of sp³-hybridized carbons (Fsp3) is 0.821. The molecule has 2 saturated heterocycles. The lowest BCUT2D eigenvalue weighted by Gasteiger charge is -2.30. The summed E-state index contributed by atoms with van der Waals surface area (Å²) in [6, 6.07) is 0. The molecule has 0 aromatic heterocycles. The number of thioether (sulfide) groups is 1. The van der Waals surface area contributed by atoms with E-state index in [0.717, 1.165) is 57.8 Å². The third-order valence-corrected chi connectivity index (χ3v) is 11.5. The molecule has 1 aliphatic carbocycles. The van der Waals surface area contributed by atoms with Crippen LogP contribution in [0.1, 0.15) is 77.0 Å². The Morgan fingerprint density at radius 3 is 2.38 bits per heavy atom. The van der Waals surface area contributed by atoms with E-state index >= 15 is 0 Å². The quantitative estimate of drug-likeness (QED) is 0.116. The fourth-order valence-corrected chi connectivity index (χ4v) is 7.95. The molecule has 42 heavy (non-hydrogen) atoms. The number of amides is 2. The van der Waals surface area contributed by atoms with Crippen molar-refractivity contribution in [2.24, 2.45) is 11.8 Å². The molecular formula is C28H49NO10P2S. The van der Waals surface area contributed by atoms with Crippen molar-refractivity contribution in [2.75, 3.05) is 39.7 Å². The Morgan fingerprint density at radius 1 is 1.02 bits per heavy atom. The number of imide groups is 1. The molecule has 1 saturated carbocycles. The molecule has 5 unspecified atom stereocenters. The molecule has 0 aromatic rings. The SMILES string of the molecule is C=P(O)(OC)OCC1OCCC1OP(=C)(O)OCCCCCCCC(=O)C1CCC(CN2C(=O)CC(SC)C2=O)CC1. The topological polar surface area (TPSA) is 141 Å². The number of likely N-dealkylation sites (tertiary alicyclic amines) is 1. The molecule has 242 valence electrons. The predicted octanol–water partition coefficient (Wildman–Crippen LogP) is 4.42. The lowest BCUT2D eigenvalue weighted by Crippen LogP contribution is -2.37. The van der Waals surface area contributed by atoms with E-state index in [1.165, 1.54) is 23.8 Å². The summed E-state index contributed by atoms with van der Waals surface area (Å²) in [5, 5.41) is -0.233. The lowest BCUT2D eigenvalue weighted by atomic mass is 9.79. The van der Waals surface area contributed by atoms with Gasteiger partial charge in [0.1, 0.15) is 11.9 Å². The van der Waals surface area contributed by atoms with Crippen molar-refractivity contribution in [1.82, 2.24) is 4.90 Å². The summed E-state index contributed by atoms with van der Waals surface area (Å²) in [6.07, 6.45) is 17.5. The minimum atomic E-state index is -3.28. The second-order valence-electron chi connectivity index (χ2n) is 11.4. The highest BCUT2D eigenvalue weighted by Crippen LogP contribution is 2.47. The Morgan fingerprint density at radius 2 is 1.71 bits per heavy atom. The summed E-state index contributed by atoms with van der Waals surface area (Å²) >= 11 is 1.44. The average molecular weight is 654 g/mol. The van der Waals surface area contributed by atoms with Crippen LogP contribution >= 0.6 is 26.9 Å². The first-order chi connectivity index (χ1) is 19.9. The fourth-order valence-electron chi connectivity index (χ4n) is 5.69. The van der Waals surface area contributed by atoms with Crippen LogP contribution in [-0.2, 0) is 37.2 Å². The maximum Gasteiger partial charge on any atom is 0.248 e. The first kappa shape index (κ1) is 36.0. The number of carbonyl (C=O) groups is 3. The summed E-state index contributed by atoms with van der Waals surface area (Å²) in [7, 11) is -5.10. The van der Waals surface area contributed by atoms with Crippen LogP contribution in [0.5, 0.6) is 0 Å². The molecule has 3 rings (SSSR count). The number of Topliss-reactive ketones (excluding diaryl/α,β-unsaturated/α-hetero) is 1. The number of nitrogens with zero attached hydrogens (tertiary/aromatic N) is 1. The highest BCUT2D eigenvalue weighted by molar-refractivity contribution is 8.00. The highest BCUT2D eigenvalue weighted by Gasteiger charge is 2.40. The molecule has 14 heteroatoms. The normalized spacial score (nSPS) is 29.5. The van der Waals surface area contributed by atoms with Crippen molar-refractivity contribution < 1.29 is 47.0 Å². The van der Waals surface area contributed by atoms with Gasteiger partial charge >= 0.3 is 0 Å². The van der Waals surface area contributed by atoms with Crippen LogP contribution in [0, 0.1) is 11.8 Å². The second kappa shape index (κ2) is 17.2. The summed E-state index contributed by atoms with van der Waals surface area (Å²) in [6.45, 7) is 1.29. The molecule has 0 aromatic carbocycles. The van der Waals surface area contributed by atoms with Gasteiger partial charge in [0.15, 0.2) is 0 Å². The first-order valence-electron chi connectivity index (χ1n) is 14.9. The van der Waals surface area contributed by atoms with Crippen molar-refractivity contribution in [3.05, 3.63) is 0 Å². The Bertz CT molecular complexity index is 1010. The van der Waals surface area contributed by atoms with Gasteiger partial charge in [-0.15, -0.1) is 0 Å². The van der Waals surface area contributed by atoms with Crippen LogP contribution in [0.15, 0.2) is 0 Å². The van der Waals surface area contributed by atoms with Gasteiger partial charge < -0.3 is 32.6 Å². The van der Waals surface area contributed by atoms with E-state index in [1.807, 2.05) is 6.26 Å². The average Bonchev–Trinajstić information content (AvgIpc) is 3.51. The van der Waals surface area contributed by atoms with Crippen LogP contribution in [-0.4, -0.2) is 102 Å². The number of ether oxygens (including phenoxy) is 1. The summed E-state index contributed by atoms with van der Waals surface area (Å²) in [4.78, 5) is 59.1. The molecule has 2 N–H and O–H groups in total. The van der Waals surface area contributed by atoms with Gasteiger partial charge in [0.2, 0.25) is 26.9 Å². The molecule has 2 heterocycles. The monoisotopic (exact) mass is 653 g/mol. The summed E-state index contributed by atoms with van der Waals surface area (Å²) in [5.74, 6) is 0.616. The number of rotatable bonds is 19. The number of hydrogen-bond acceptors (Lipinski definition) is 11. The van der Waals surface area contributed by atoms with E-state index in [0.29, 0.717) is 50.7 Å². The van der Waals surface area contributed by atoms with Crippen LogP contribution in [0.3, 0.4) is 0 Å². The molecule has 0 radical (unpaired) electrons. The molecule has 3 aliphatic rings. The van der Waals surface area contributed by atoms with Gasteiger partial charge in [-0.1, -0.05) is 19.3 Å². The number of unbranched alkanes of at least 4 members (excludes halogenated alkanes) is 4. The van der Waals surface area contributed by atoms with Crippen molar-refractivity contribution in [1.29, 1.82) is 0 Å². The smallest absolute Gasteiger partial charge is 0.248 e. The van der Waals surface area contributed by atoms with E-state index in [2.05, 4.69) is 12.6 Å². The Labute approximate surface area is 254 Å². The minimum absolute atomic E-state index is 0.0258. The van der Waals surface area contributed by atoms with E-state index in [-0.39, 0.29) is 29.6 Å². The van der Waals surface area contributed by atoms with Gasteiger partial charge in [0, 0.05) is 45.4 Å². The standard InChI is InChI=1S/C28H49NO10P2S/c1-35-40(2,33)38-20-25-24(15-17-36-25)39-41(3,34)37-16-9-7-5-6-8-10-23(30)22-13-11-21(12-14-22)19-29-27(31)18-26(42-4)28(29)32/h21-22,24-26,33-34H,2-3,5-20H2,1,4H3. The van der Waals surface area contributed by atoms with Crippen LogP contribution in [0.2, 0.25) is 0 Å². The van der Waals surface area contributed by atoms with Gasteiger partial charge in [-0.25, -0.2) is 0 Å². The largest absolute Gasteiger partial charge is 0.373 e. The molecule has 0 spiro atoms. The van der Waals surface area contributed by atoms with Crippen LogP contribution < -0.4 is 0 Å². The summed E-state index contributed by atoms with van der Waals surface area (Å²) in [5.41, 5.74) is 0. The number of hydrogen-bond donors (Lipinski definition) is 2. The molecule has 5 atom stereocenters. The Balaban J connectivity index is 1.21. The number of carbonyl (C=O) groups excluding carboxylic acids is 3. The zero-order valence-electron chi connectivity index (χ0n) is 25.0. The molecule has 2 amide bonds. The van der Waals surface area contributed by atoms with Gasteiger partial charge in [-0.2, -0.15) is 11.8 Å². The van der Waals surface area contributed by atoms with Gasteiger partial charge in [-0.3, -0.25) is 19.3 Å². The van der Waals surface area contributed by atoms with Crippen LogP contribution in [0.25, 0.3) is 0 Å². The molecule has 0 bridgehead atoms. The maximum absolute atomic E-state index is 12.7. The summed E-state index contributed by atoms with van der Waals surface area (Å²) < 4.78 is 27.0. The molecule has 11 nitrogen and oxygen atoms in total. The highest BCUT2D eigenvalue weighted by atomic mass is 32.2. The van der Waals surface area contributed by atoms with Gasteiger partial charge in [0.05, 0.1) is 24.6 Å². The third-order valence-electron chi connectivity index (χ3n) is 8.27. The second-order valence-corrected chi connectivity index (χ2v) is 16.1. The minimum Gasteiger partial charge on any atom is -0.373 e. The Kier molecular flexibility index (Phi) is 14.8. The molecule has 2 aliphatic heterocycles.